The first-order chi connectivity index (χ1) is 8.72. The van der Waals surface area contributed by atoms with Gasteiger partial charge in [-0.25, -0.2) is 0 Å². The van der Waals surface area contributed by atoms with Crippen molar-refractivity contribution in [3.63, 3.8) is 0 Å². The molecule has 3 nitrogen and oxygen atoms in total. The van der Waals surface area contributed by atoms with Crippen molar-refractivity contribution < 1.29 is 9.53 Å². The van der Waals surface area contributed by atoms with Gasteiger partial charge in [0.2, 0.25) is 0 Å². The van der Waals surface area contributed by atoms with Gasteiger partial charge in [0.25, 0.3) is 0 Å². The number of carbonyl (C=O) groups excluding carboxylic acids is 1. The largest absolute Gasteiger partial charge is 0.490 e. The highest BCUT2D eigenvalue weighted by molar-refractivity contribution is 6.01. The maximum absolute atomic E-state index is 12.6. The molecule has 0 aromatic heterocycles. The normalized spacial score (nSPS) is 16.3. The van der Waals surface area contributed by atoms with Gasteiger partial charge in [-0.05, 0) is 38.8 Å². The van der Waals surface area contributed by atoms with E-state index in [0.717, 1.165) is 18.6 Å². The third-order valence-corrected chi connectivity index (χ3v) is 4.10. The highest BCUT2D eigenvalue weighted by Crippen LogP contribution is 2.34. The standard InChI is InChI=1S/C16H23NO2/c1-15(2,16(3,4)17)14(18)11-6-5-7-13(10-11)19-12-8-9-12/h5-7,10,12H,8-9,17H2,1-4H3. The van der Waals surface area contributed by atoms with Crippen LogP contribution in [0, 0.1) is 5.41 Å². The summed E-state index contributed by atoms with van der Waals surface area (Å²) in [5.41, 5.74) is 5.60. The summed E-state index contributed by atoms with van der Waals surface area (Å²) in [6.07, 6.45) is 2.56. The van der Waals surface area contributed by atoms with E-state index in [0.29, 0.717) is 11.7 Å². The molecule has 0 amide bonds. The Hall–Kier alpha value is -1.35. The first-order valence-electron chi connectivity index (χ1n) is 6.82. The van der Waals surface area contributed by atoms with E-state index >= 15 is 0 Å². The van der Waals surface area contributed by atoms with Crippen LogP contribution in [-0.4, -0.2) is 17.4 Å². The number of nitrogens with two attached hydrogens (primary N) is 1. The van der Waals surface area contributed by atoms with Crippen LogP contribution in [0.1, 0.15) is 50.9 Å². The van der Waals surface area contributed by atoms with Crippen LogP contribution in [0.15, 0.2) is 24.3 Å². The molecule has 1 aromatic rings. The van der Waals surface area contributed by atoms with Crippen molar-refractivity contribution in [2.24, 2.45) is 11.1 Å². The summed E-state index contributed by atoms with van der Waals surface area (Å²) < 4.78 is 5.73. The van der Waals surface area contributed by atoms with E-state index in [4.69, 9.17) is 10.5 Å². The van der Waals surface area contributed by atoms with E-state index in [1.807, 2.05) is 52.0 Å². The fourth-order valence-corrected chi connectivity index (χ4v) is 1.74. The second-order valence-corrected chi connectivity index (χ2v) is 6.52. The molecule has 0 bridgehead atoms. The minimum atomic E-state index is -0.620. The first-order valence-corrected chi connectivity index (χ1v) is 6.82. The van der Waals surface area contributed by atoms with E-state index in [1.54, 1.807) is 0 Å². The molecule has 1 fully saturated rings. The maximum atomic E-state index is 12.6. The number of Topliss-reactive ketones (excluding diaryl/α,β-unsaturated/α-hetero) is 1. The zero-order valence-electron chi connectivity index (χ0n) is 12.2. The van der Waals surface area contributed by atoms with Crippen LogP contribution in [0.4, 0.5) is 0 Å². The Kier molecular flexibility index (Phi) is 3.43. The Morgan fingerprint density at radius 1 is 1.26 bits per heavy atom. The van der Waals surface area contributed by atoms with Gasteiger partial charge in [0, 0.05) is 16.5 Å². The van der Waals surface area contributed by atoms with E-state index in [9.17, 15) is 4.79 Å². The van der Waals surface area contributed by atoms with Crippen LogP contribution in [-0.2, 0) is 0 Å². The van der Waals surface area contributed by atoms with Gasteiger partial charge in [0.15, 0.2) is 5.78 Å². The Labute approximate surface area is 115 Å². The van der Waals surface area contributed by atoms with E-state index < -0.39 is 11.0 Å². The molecule has 0 radical (unpaired) electrons. The first kappa shape index (κ1) is 14.1. The molecule has 1 aliphatic rings. The highest BCUT2D eigenvalue weighted by atomic mass is 16.5. The smallest absolute Gasteiger partial charge is 0.170 e. The molecule has 0 saturated heterocycles. The Morgan fingerprint density at radius 2 is 1.89 bits per heavy atom. The molecule has 1 saturated carbocycles. The molecular formula is C16H23NO2. The molecular weight excluding hydrogens is 238 g/mol. The van der Waals surface area contributed by atoms with Gasteiger partial charge < -0.3 is 10.5 Å². The molecule has 0 heterocycles. The maximum Gasteiger partial charge on any atom is 0.170 e. The van der Waals surface area contributed by atoms with Gasteiger partial charge in [-0.2, -0.15) is 0 Å². The van der Waals surface area contributed by atoms with Crippen LogP contribution >= 0.6 is 0 Å². The molecule has 2 N–H and O–H groups in total. The van der Waals surface area contributed by atoms with E-state index in [-0.39, 0.29) is 5.78 Å². The summed E-state index contributed by atoms with van der Waals surface area (Å²) in [7, 11) is 0. The van der Waals surface area contributed by atoms with Crippen LogP contribution in [0.3, 0.4) is 0 Å². The van der Waals surface area contributed by atoms with Crippen molar-refractivity contribution in [1.29, 1.82) is 0 Å². The zero-order chi connectivity index (χ0) is 14.3. The lowest BCUT2D eigenvalue weighted by Gasteiger charge is -2.37. The third-order valence-electron chi connectivity index (χ3n) is 4.10. The van der Waals surface area contributed by atoms with Crippen molar-refractivity contribution >= 4 is 5.78 Å². The number of ketones is 1. The van der Waals surface area contributed by atoms with Crippen molar-refractivity contribution in [2.45, 2.75) is 52.2 Å². The quantitative estimate of drug-likeness (QED) is 0.828. The molecule has 0 atom stereocenters. The second kappa shape index (κ2) is 4.64. The number of rotatable bonds is 5. The summed E-state index contributed by atoms with van der Waals surface area (Å²) in [5.74, 6) is 0.834. The minimum Gasteiger partial charge on any atom is -0.490 e. The van der Waals surface area contributed by atoms with Crippen molar-refractivity contribution in [3.8, 4) is 5.75 Å². The highest BCUT2D eigenvalue weighted by Gasteiger charge is 2.40. The number of benzene rings is 1. The van der Waals surface area contributed by atoms with Crippen LogP contribution < -0.4 is 10.5 Å². The summed E-state index contributed by atoms with van der Waals surface area (Å²) >= 11 is 0. The molecule has 2 rings (SSSR count). The van der Waals surface area contributed by atoms with Gasteiger partial charge in [0.05, 0.1) is 6.10 Å². The Morgan fingerprint density at radius 3 is 2.42 bits per heavy atom. The van der Waals surface area contributed by atoms with Crippen molar-refractivity contribution in [1.82, 2.24) is 0 Å². The predicted molar refractivity (Wildman–Crippen MR) is 76.5 cm³/mol. The summed E-state index contributed by atoms with van der Waals surface area (Å²) in [5, 5.41) is 0. The molecule has 1 aromatic carbocycles. The molecule has 104 valence electrons. The van der Waals surface area contributed by atoms with Crippen molar-refractivity contribution in [2.75, 3.05) is 0 Å². The number of hydrogen-bond acceptors (Lipinski definition) is 3. The Balaban J connectivity index is 2.23. The number of carbonyl (C=O) groups is 1. The van der Waals surface area contributed by atoms with Crippen LogP contribution in [0.25, 0.3) is 0 Å². The van der Waals surface area contributed by atoms with Gasteiger partial charge in [-0.15, -0.1) is 0 Å². The molecule has 0 aliphatic heterocycles. The van der Waals surface area contributed by atoms with E-state index in [1.165, 1.54) is 0 Å². The predicted octanol–water partition coefficient (Wildman–Crippen LogP) is 3.17. The molecule has 3 heteroatoms. The lowest BCUT2D eigenvalue weighted by Crippen LogP contribution is -2.51. The molecule has 19 heavy (non-hydrogen) atoms. The third kappa shape index (κ3) is 2.98. The van der Waals surface area contributed by atoms with Gasteiger partial charge in [0.1, 0.15) is 5.75 Å². The molecule has 1 aliphatic carbocycles. The fourth-order valence-electron chi connectivity index (χ4n) is 1.74. The number of ether oxygens (including phenoxy) is 1. The lowest BCUT2D eigenvalue weighted by molar-refractivity contribution is 0.0734. The Bertz CT molecular complexity index is 482. The summed E-state index contributed by atoms with van der Waals surface area (Å²) in [6.45, 7) is 7.55. The SMILES string of the molecule is CC(C)(N)C(C)(C)C(=O)c1cccc(OC2CC2)c1. The van der Waals surface area contributed by atoms with Gasteiger partial charge in [-0.3, -0.25) is 4.79 Å². The second-order valence-electron chi connectivity index (χ2n) is 6.52. The van der Waals surface area contributed by atoms with E-state index in [2.05, 4.69) is 0 Å². The zero-order valence-corrected chi connectivity index (χ0v) is 12.2. The summed E-state index contributed by atoms with van der Waals surface area (Å²) in [4.78, 5) is 12.6. The van der Waals surface area contributed by atoms with Gasteiger partial charge >= 0.3 is 0 Å². The molecule has 0 unspecified atom stereocenters. The summed E-state index contributed by atoms with van der Waals surface area (Å²) in [6, 6.07) is 7.42. The molecule has 0 spiro atoms. The van der Waals surface area contributed by atoms with Crippen LogP contribution in [0.2, 0.25) is 0 Å². The van der Waals surface area contributed by atoms with Crippen LogP contribution in [0.5, 0.6) is 5.75 Å². The fraction of sp³-hybridized carbons (Fsp3) is 0.562. The average molecular weight is 261 g/mol. The van der Waals surface area contributed by atoms with Crippen molar-refractivity contribution in [3.05, 3.63) is 29.8 Å². The van der Waals surface area contributed by atoms with Gasteiger partial charge in [-0.1, -0.05) is 26.0 Å². The average Bonchev–Trinajstić information content (AvgIpc) is 3.10. The lowest BCUT2D eigenvalue weighted by atomic mass is 9.70. The monoisotopic (exact) mass is 261 g/mol. The number of hydrogen-bond donors (Lipinski definition) is 1. The minimum absolute atomic E-state index is 0.0567. The topological polar surface area (TPSA) is 52.3 Å².